The number of nitrogens with zero attached hydrogens (tertiary/aromatic N) is 2. The van der Waals surface area contributed by atoms with Crippen LogP contribution in [0.3, 0.4) is 0 Å². The third-order valence-corrected chi connectivity index (χ3v) is 5.36. The fraction of sp³-hybridized carbons (Fsp3) is 0.368. The van der Waals surface area contributed by atoms with Crippen molar-refractivity contribution < 1.29 is 19.1 Å². The standard InChI is InChI=1S/C19H20ClN3O4/c1-4-19(3)17(25)23(18(26)22-19)9-15(24)27-10-14-16(20)11(2)12-7-5-6-8-13(12)21-14/h5-8H,4,9-10H2,1-3H3,(H,22,26)/t19-/m0/s1. The Bertz CT molecular complexity index is 946. The molecule has 0 spiro atoms. The molecule has 1 atom stereocenters. The molecule has 1 fully saturated rings. The summed E-state index contributed by atoms with van der Waals surface area (Å²) in [6, 6.07) is 6.93. The third kappa shape index (κ3) is 3.47. The molecule has 2 aromatic rings. The second-order valence-electron chi connectivity index (χ2n) is 6.68. The van der Waals surface area contributed by atoms with Crippen molar-refractivity contribution in [1.82, 2.24) is 15.2 Å². The van der Waals surface area contributed by atoms with Crippen molar-refractivity contribution >= 4 is 40.4 Å². The van der Waals surface area contributed by atoms with Gasteiger partial charge in [0.2, 0.25) is 0 Å². The molecule has 1 N–H and O–H groups in total. The zero-order valence-corrected chi connectivity index (χ0v) is 16.1. The first-order valence-corrected chi connectivity index (χ1v) is 8.98. The van der Waals surface area contributed by atoms with Gasteiger partial charge in [0.15, 0.2) is 0 Å². The summed E-state index contributed by atoms with van der Waals surface area (Å²) in [5.41, 5.74) is 1.04. The van der Waals surface area contributed by atoms with E-state index in [1.54, 1.807) is 13.8 Å². The SMILES string of the molecule is CC[C@]1(C)NC(=O)N(CC(=O)OCc2nc3ccccc3c(C)c2Cl)C1=O. The number of carbonyl (C=O) groups is 3. The highest BCUT2D eigenvalue weighted by molar-refractivity contribution is 6.32. The van der Waals surface area contributed by atoms with E-state index in [1.807, 2.05) is 31.2 Å². The van der Waals surface area contributed by atoms with Gasteiger partial charge in [-0.2, -0.15) is 0 Å². The Morgan fingerprint density at radius 2 is 2.04 bits per heavy atom. The number of hydrogen-bond donors (Lipinski definition) is 1. The van der Waals surface area contributed by atoms with Gasteiger partial charge in [-0.05, 0) is 31.9 Å². The number of pyridine rings is 1. The van der Waals surface area contributed by atoms with Crippen LogP contribution < -0.4 is 5.32 Å². The zero-order valence-electron chi connectivity index (χ0n) is 15.3. The van der Waals surface area contributed by atoms with Crippen LogP contribution >= 0.6 is 11.6 Å². The monoisotopic (exact) mass is 389 g/mol. The molecule has 0 aliphatic carbocycles. The van der Waals surface area contributed by atoms with Crippen LogP contribution in [0.5, 0.6) is 0 Å². The number of carbonyl (C=O) groups excluding carboxylic acids is 3. The van der Waals surface area contributed by atoms with Crippen LogP contribution in [0.25, 0.3) is 10.9 Å². The molecule has 1 saturated heterocycles. The number of halogens is 1. The number of amides is 3. The van der Waals surface area contributed by atoms with E-state index < -0.39 is 30.0 Å². The minimum atomic E-state index is -0.988. The molecule has 0 unspecified atom stereocenters. The number of para-hydroxylation sites is 1. The van der Waals surface area contributed by atoms with Crippen LogP contribution in [-0.4, -0.2) is 39.9 Å². The van der Waals surface area contributed by atoms with Gasteiger partial charge < -0.3 is 10.1 Å². The molecular formula is C19H20ClN3O4. The second kappa shape index (κ2) is 7.15. The minimum absolute atomic E-state index is 0.141. The number of esters is 1. The van der Waals surface area contributed by atoms with Gasteiger partial charge in [0.05, 0.1) is 16.2 Å². The van der Waals surface area contributed by atoms with E-state index in [1.165, 1.54) is 0 Å². The quantitative estimate of drug-likeness (QED) is 0.627. The summed E-state index contributed by atoms with van der Waals surface area (Å²) in [7, 11) is 0. The predicted molar refractivity (Wildman–Crippen MR) is 100 cm³/mol. The van der Waals surface area contributed by atoms with Crippen molar-refractivity contribution in [3.63, 3.8) is 0 Å². The van der Waals surface area contributed by atoms with Crippen LogP contribution in [0.1, 0.15) is 31.5 Å². The zero-order chi connectivity index (χ0) is 19.8. The van der Waals surface area contributed by atoms with Gasteiger partial charge in [-0.1, -0.05) is 36.7 Å². The van der Waals surface area contributed by atoms with Crippen LogP contribution in [0.4, 0.5) is 4.79 Å². The lowest BCUT2D eigenvalue weighted by molar-refractivity contribution is -0.148. The van der Waals surface area contributed by atoms with E-state index in [0.717, 1.165) is 21.4 Å². The maximum absolute atomic E-state index is 12.3. The van der Waals surface area contributed by atoms with E-state index in [2.05, 4.69) is 10.3 Å². The largest absolute Gasteiger partial charge is 0.458 e. The highest BCUT2D eigenvalue weighted by atomic mass is 35.5. The lowest BCUT2D eigenvalue weighted by atomic mass is 9.99. The molecule has 0 saturated carbocycles. The average Bonchev–Trinajstić information content (AvgIpc) is 2.87. The van der Waals surface area contributed by atoms with Gasteiger partial charge in [0, 0.05) is 5.39 Å². The second-order valence-corrected chi connectivity index (χ2v) is 7.06. The van der Waals surface area contributed by atoms with Crippen molar-refractivity contribution in [3.05, 3.63) is 40.5 Å². The van der Waals surface area contributed by atoms with E-state index in [9.17, 15) is 14.4 Å². The van der Waals surface area contributed by atoms with E-state index in [-0.39, 0.29) is 6.61 Å². The summed E-state index contributed by atoms with van der Waals surface area (Å²) in [5.74, 6) is -1.15. The number of benzene rings is 1. The summed E-state index contributed by atoms with van der Waals surface area (Å²) in [6.07, 6.45) is 0.430. The molecular weight excluding hydrogens is 370 g/mol. The first-order valence-electron chi connectivity index (χ1n) is 8.60. The van der Waals surface area contributed by atoms with Crippen molar-refractivity contribution in [3.8, 4) is 0 Å². The highest BCUT2D eigenvalue weighted by Gasteiger charge is 2.47. The summed E-state index contributed by atoms with van der Waals surface area (Å²) in [5, 5.41) is 3.94. The van der Waals surface area contributed by atoms with Gasteiger partial charge in [-0.3, -0.25) is 14.5 Å². The van der Waals surface area contributed by atoms with E-state index in [4.69, 9.17) is 16.3 Å². The van der Waals surface area contributed by atoms with Crippen molar-refractivity contribution in [2.75, 3.05) is 6.54 Å². The Morgan fingerprint density at radius 1 is 1.33 bits per heavy atom. The van der Waals surface area contributed by atoms with Crippen LogP contribution in [0.2, 0.25) is 5.02 Å². The molecule has 0 bridgehead atoms. The van der Waals surface area contributed by atoms with Crippen LogP contribution in [0.15, 0.2) is 24.3 Å². The molecule has 1 aliphatic rings. The van der Waals surface area contributed by atoms with Crippen molar-refractivity contribution in [2.24, 2.45) is 0 Å². The number of urea groups is 1. The fourth-order valence-corrected chi connectivity index (χ4v) is 3.17. The summed E-state index contributed by atoms with van der Waals surface area (Å²) < 4.78 is 5.21. The molecule has 27 heavy (non-hydrogen) atoms. The Balaban J connectivity index is 1.70. The molecule has 1 aromatic carbocycles. The van der Waals surface area contributed by atoms with Gasteiger partial charge in [-0.15, -0.1) is 0 Å². The molecule has 0 radical (unpaired) electrons. The van der Waals surface area contributed by atoms with E-state index in [0.29, 0.717) is 17.1 Å². The Hall–Kier alpha value is -2.67. The lowest BCUT2D eigenvalue weighted by Gasteiger charge is -2.19. The number of rotatable bonds is 5. The number of ether oxygens (including phenoxy) is 1. The Kier molecular flexibility index (Phi) is 5.06. The number of imide groups is 1. The van der Waals surface area contributed by atoms with Crippen molar-refractivity contribution in [2.45, 2.75) is 39.3 Å². The molecule has 1 aromatic heterocycles. The smallest absolute Gasteiger partial charge is 0.326 e. The lowest BCUT2D eigenvalue weighted by Crippen LogP contribution is -2.43. The number of aryl methyl sites for hydroxylation is 1. The summed E-state index contributed by atoms with van der Waals surface area (Å²) >= 11 is 6.35. The molecule has 3 rings (SSSR count). The normalized spacial score (nSPS) is 19.5. The third-order valence-electron chi connectivity index (χ3n) is 4.86. The summed E-state index contributed by atoms with van der Waals surface area (Å²) in [6.45, 7) is 4.69. The molecule has 1 aliphatic heterocycles. The van der Waals surface area contributed by atoms with Gasteiger partial charge in [-0.25, -0.2) is 9.78 Å². The molecule has 3 amide bonds. The molecule has 142 valence electrons. The number of hydrogen-bond acceptors (Lipinski definition) is 5. The first-order chi connectivity index (χ1) is 12.8. The molecule has 2 heterocycles. The fourth-order valence-electron chi connectivity index (χ4n) is 2.97. The Morgan fingerprint density at radius 3 is 2.70 bits per heavy atom. The number of fused-ring (bicyclic) bond motifs is 1. The van der Waals surface area contributed by atoms with Crippen LogP contribution in [0, 0.1) is 6.92 Å². The topological polar surface area (TPSA) is 88.6 Å². The maximum Gasteiger partial charge on any atom is 0.326 e. The minimum Gasteiger partial charge on any atom is -0.458 e. The predicted octanol–water partition coefficient (Wildman–Crippen LogP) is 2.96. The highest BCUT2D eigenvalue weighted by Crippen LogP contribution is 2.27. The first kappa shape index (κ1) is 19.1. The molecule has 8 heteroatoms. The Labute approximate surface area is 161 Å². The van der Waals surface area contributed by atoms with E-state index >= 15 is 0 Å². The average molecular weight is 390 g/mol. The number of aromatic nitrogens is 1. The maximum atomic E-state index is 12.3. The van der Waals surface area contributed by atoms with Crippen molar-refractivity contribution in [1.29, 1.82) is 0 Å². The molecule has 7 nitrogen and oxygen atoms in total. The summed E-state index contributed by atoms with van der Waals surface area (Å²) in [4.78, 5) is 41.8. The number of nitrogens with one attached hydrogen (secondary N) is 1. The van der Waals surface area contributed by atoms with Gasteiger partial charge >= 0.3 is 12.0 Å². The van der Waals surface area contributed by atoms with Gasteiger partial charge in [0.25, 0.3) is 5.91 Å². The van der Waals surface area contributed by atoms with Gasteiger partial charge in [0.1, 0.15) is 18.7 Å². The van der Waals surface area contributed by atoms with Crippen LogP contribution in [-0.2, 0) is 20.9 Å².